The number of benzene rings is 1. The molecule has 0 aliphatic carbocycles. The number of thioether (sulfide) groups is 1. The number of rotatable bonds is 5. The lowest BCUT2D eigenvalue weighted by Crippen LogP contribution is -2.21. The van der Waals surface area contributed by atoms with Gasteiger partial charge in [0, 0.05) is 25.4 Å². The number of carbonyl (C=O) groups is 1. The van der Waals surface area contributed by atoms with Crippen LogP contribution < -0.4 is 0 Å². The molecule has 0 aliphatic heterocycles. The molecule has 1 N–H and O–H groups in total. The monoisotopic (exact) mass is 344 g/mol. The highest BCUT2D eigenvalue weighted by Crippen LogP contribution is 2.25. The van der Waals surface area contributed by atoms with Gasteiger partial charge in [0.2, 0.25) is 5.16 Å². The summed E-state index contributed by atoms with van der Waals surface area (Å²) in [6.45, 7) is 0. The van der Waals surface area contributed by atoms with E-state index in [1.807, 2.05) is 41.8 Å². The van der Waals surface area contributed by atoms with Gasteiger partial charge in [-0.15, -0.1) is 16.4 Å². The van der Waals surface area contributed by atoms with Crippen LogP contribution in [0.25, 0.3) is 10.7 Å². The van der Waals surface area contributed by atoms with Crippen LogP contribution in [-0.4, -0.2) is 40.1 Å². The van der Waals surface area contributed by atoms with Gasteiger partial charge in [0.1, 0.15) is 0 Å². The van der Waals surface area contributed by atoms with Gasteiger partial charge in [-0.2, -0.15) is 0 Å². The zero-order valence-electron chi connectivity index (χ0n) is 12.8. The predicted molar refractivity (Wildman–Crippen MR) is 93.7 cm³/mol. The van der Waals surface area contributed by atoms with Crippen molar-refractivity contribution in [1.29, 1.82) is 0 Å². The van der Waals surface area contributed by atoms with Crippen LogP contribution in [0.1, 0.15) is 15.9 Å². The Kier molecular flexibility index (Phi) is 4.78. The van der Waals surface area contributed by atoms with Gasteiger partial charge in [-0.3, -0.25) is 9.89 Å². The third-order valence-corrected chi connectivity index (χ3v) is 4.99. The Balaban J connectivity index is 1.61. The Morgan fingerprint density at radius 2 is 2.04 bits per heavy atom. The molecule has 0 saturated carbocycles. The quantitative estimate of drug-likeness (QED) is 0.719. The van der Waals surface area contributed by atoms with Crippen molar-refractivity contribution in [3.8, 4) is 10.7 Å². The van der Waals surface area contributed by atoms with E-state index in [4.69, 9.17) is 0 Å². The molecule has 118 valence electrons. The molecule has 0 atom stereocenters. The third-order valence-electron chi connectivity index (χ3n) is 3.19. The second kappa shape index (κ2) is 6.97. The normalized spacial score (nSPS) is 10.7. The lowest BCUT2D eigenvalue weighted by Gasteiger charge is -2.10. The van der Waals surface area contributed by atoms with Gasteiger partial charge in [-0.05, 0) is 29.1 Å². The molecule has 0 saturated heterocycles. The number of hydrogen-bond donors (Lipinski definition) is 1. The molecule has 3 aromatic rings. The SMILES string of the molecule is CN(C)C(=O)c1ccc(CSc2n[nH]c(-c3cccs3)n2)cc1. The van der Waals surface area contributed by atoms with Gasteiger partial charge in [-0.25, -0.2) is 4.98 Å². The number of H-pyrrole nitrogens is 1. The van der Waals surface area contributed by atoms with E-state index < -0.39 is 0 Å². The maximum Gasteiger partial charge on any atom is 0.253 e. The Morgan fingerprint density at radius 3 is 2.70 bits per heavy atom. The van der Waals surface area contributed by atoms with Crippen LogP contribution in [0.3, 0.4) is 0 Å². The van der Waals surface area contributed by atoms with Crippen LogP contribution in [0.5, 0.6) is 0 Å². The number of hydrogen-bond acceptors (Lipinski definition) is 5. The first-order chi connectivity index (χ1) is 11.1. The zero-order valence-corrected chi connectivity index (χ0v) is 14.4. The summed E-state index contributed by atoms with van der Waals surface area (Å²) >= 11 is 3.20. The first-order valence-electron chi connectivity index (χ1n) is 7.03. The second-order valence-electron chi connectivity index (χ2n) is 5.13. The Labute approximate surface area is 142 Å². The molecule has 0 unspecified atom stereocenters. The minimum atomic E-state index is 0.0127. The van der Waals surface area contributed by atoms with Crippen LogP contribution in [0.15, 0.2) is 46.9 Å². The molecule has 0 aliphatic rings. The molecular weight excluding hydrogens is 328 g/mol. The first kappa shape index (κ1) is 15.8. The highest BCUT2D eigenvalue weighted by molar-refractivity contribution is 7.98. The van der Waals surface area contributed by atoms with Gasteiger partial charge >= 0.3 is 0 Å². The molecule has 7 heteroatoms. The standard InChI is InChI=1S/C16H16N4OS2/c1-20(2)15(21)12-7-5-11(6-8-12)10-23-16-17-14(18-19-16)13-4-3-9-22-13/h3-9H,10H2,1-2H3,(H,17,18,19). The van der Waals surface area contributed by atoms with Gasteiger partial charge in [-0.1, -0.05) is 30.0 Å². The van der Waals surface area contributed by atoms with E-state index in [1.165, 1.54) is 0 Å². The van der Waals surface area contributed by atoms with Gasteiger partial charge in [0.05, 0.1) is 4.88 Å². The maximum absolute atomic E-state index is 11.8. The average Bonchev–Trinajstić information content (AvgIpc) is 3.23. The van der Waals surface area contributed by atoms with Crippen LogP contribution in [0, 0.1) is 0 Å². The van der Waals surface area contributed by atoms with E-state index in [2.05, 4.69) is 15.2 Å². The van der Waals surface area contributed by atoms with Crippen LogP contribution in [0.2, 0.25) is 0 Å². The molecule has 2 heterocycles. The fourth-order valence-corrected chi connectivity index (χ4v) is 3.40. The number of nitrogens with one attached hydrogen (secondary N) is 1. The summed E-state index contributed by atoms with van der Waals surface area (Å²) in [5.41, 5.74) is 1.83. The average molecular weight is 344 g/mol. The van der Waals surface area contributed by atoms with Crippen molar-refractivity contribution in [2.45, 2.75) is 10.9 Å². The lowest BCUT2D eigenvalue weighted by atomic mass is 10.1. The summed E-state index contributed by atoms with van der Waals surface area (Å²) < 4.78 is 0. The van der Waals surface area contributed by atoms with Crippen molar-refractivity contribution in [3.05, 3.63) is 52.9 Å². The molecule has 0 spiro atoms. The molecule has 1 amide bonds. The third kappa shape index (κ3) is 3.80. The lowest BCUT2D eigenvalue weighted by molar-refractivity contribution is 0.0827. The molecular formula is C16H16N4OS2. The minimum Gasteiger partial charge on any atom is -0.345 e. The largest absolute Gasteiger partial charge is 0.345 e. The van der Waals surface area contributed by atoms with Crippen molar-refractivity contribution < 1.29 is 4.79 Å². The predicted octanol–water partition coefficient (Wildman–Crippen LogP) is 3.53. The summed E-state index contributed by atoms with van der Waals surface area (Å²) in [6.07, 6.45) is 0. The van der Waals surface area contributed by atoms with Crippen molar-refractivity contribution in [3.63, 3.8) is 0 Å². The number of aromatic nitrogens is 3. The van der Waals surface area contributed by atoms with Gasteiger partial charge in [0.25, 0.3) is 5.91 Å². The number of amides is 1. The molecule has 3 rings (SSSR count). The van der Waals surface area contributed by atoms with E-state index in [9.17, 15) is 4.79 Å². The van der Waals surface area contributed by atoms with E-state index in [0.29, 0.717) is 5.56 Å². The highest BCUT2D eigenvalue weighted by atomic mass is 32.2. The maximum atomic E-state index is 11.8. The first-order valence-corrected chi connectivity index (χ1v) is 8.89. The number of carbonyl (C=O) groups excluding carboxylic acids is 1. The Morgan fingerprint density at radius 1 is 1.26 bits per heavy atom. The summed E-state index contributed by atoms with van der Waals surface area (Å²) in [7, 11) is 3.50. The molecule has 2 aromatic heterocycles. The fraction of sp³-hybridized carbons (Fsp3) is 0.188. The second-order valence-corrected chi connectivity index (χ2v) is 7.02. The topological polar surface area (TPSA) is 61.9 Å². The van der Waals surface area contributed by atoms with Crippen LogP contribution >= 0.6 is 23.1 Å². The molecule has 23 heavy (non-hydrogen) atoms. The van der Waals surface area contributed by atoms with Crippen molar-refractivity contribution in [1.82, 2.24) is 20.1 Å². The Hall–Kier alpha value is -2.12. The molecule has 1 aromatic carbocycles. The van der Waals surface area contributed by atoms with E-state index in [0.717, 1.165) is 27.2 Å². The number of thiophene rings is 1. The summed E-state index contributed by atoms with van der Waals surface area (Å²) in [5, 5.41) is 9.93. The fourth-order valence-electron chi connectivity index (χ4n) is 1.98. The van der Waals surface area contributed by atoms with Crippen LogP contribution in [-0.2, 0) is 5.75 Å². The number of nitrogens with zero attached hydrogens (tertiary/aromatic N) is 3. The molecule has 5 nitrogen and oxygen atoms in total. The smallest absolute Gasteiger partial charge is 0.253 e. The summed E-state index contributed by atoms with van der Waals surface area (Å²) in [4.78, 5) is 19.0. The highest BCUT2D eigenvalue weighted by Gasteiger charge is 2.09. The van der Waals surface area contributed by atoms with Gasteiger partial charge in [0.15, 0.2) is 5.82 Å². The molecule has 0 bridgehead atoms. The van der Waals surface area contributed by atoms with Crippen LogP contribution in [0.4, 0.5) is 0 Å². The number of aromatic amines is 1. The summed E-state index contributed by atoms with van der Waals surface area (Å²) in [6, 6.07) is 11.7. The molecule has 0 fully saturated rings. The minimum absolute atomic E-state index is 0.0127. The zero-order chi connectivity index (χ0) is 16.2. The van der Waals surface area contributed by atoms with E-state index in [1.54, 1.807) is 42.1 Å². The van der Waals surface area contributed by atoms with Crippen molar-refractivity contribution in [2.75, 3.05) is 14.1 Å². The van der Waals surface area contributed by atoms with E-state index in [-0.39, 0.29) is 5.91 Å². The molecule has 0 radical (unpaired) electrons. The Bertz CT molecular complexity index is 779. The van der Waals surface area contributed by atoms with Gasteiger partial charge < -0.3 is 4.90 Å². The van der Waals surface area contributed by atoms with Crippen molar-refractivity contribution in [2.24, 2.45) is 0 Å². The van der Waals surface area contributed by atoms with Crippen molar-refractivity contribution >= 4 is 29.0 Å². The van der Waals surface area contributed by atoms with E-state index >= 15 is 0 Å². The summed E-state index contributed by atoms with van der Waals surface area (Å²) in [5.74, 6) is 1.58.